The minimum atomic E-state index is -4.63. The van der Waals surface area contributed by atoms with Gasteiger partial charge in [-0.3, -0.25) is 0 Å². The molecule has 2 fully saturated rings. The Bertz CT molecular complexity index is 1220. The molecule has 3 unspecified atom stereocenters. The summed E-state index contributed by atoms with van der Waals surface area (Å²) in [6.45, 7) is 2.17. The number of hydrogen-bond acceptors (Lipinski definition) is 5. The number of amides is 1. The summed E-state index contributed by atoms with van der Waals surface area (Å²) >= 11 is 24.7. The van der Waals surface area contributed by atoms with E-state index in [-0.39, 0.29) is 18.5 Å². The molecule has 0 aliphatic carbocycles. The molecular weight excluding hydrogens is 635 g/mol. The van der Waals surface area contributed by atoms with E-state index in [2.05, 4.69) is 21.3 Å². The lowest BCUT2D eigenvalue weighted by Crippen LogP contribution is -2.55. The maximum Gasteiger partial charge on any atom is 0.407 e. The average Bonchev–Trinajstić information content (AvgIpc) is 2.96. The highest BCUT2D eigenvalue weighted by atomic mass is 35.5. The van der Waals surface area contributed by atoms with Gasteiger partial charge in [-0.15, -0.1) is 0 Å². The summed E-state index contributed by atoms with van der Waals surface area (Å²) in [5.74, 6) is 0. The quantitative estimate of drug-likeness (QED) is 0.222. The molecule has 2 saturated heterocycles. The third-order valence-electron chi connectivity index (χ3n) is 8.34. The van der Waals surface area contributed by atoms with Crippen molar-refractivity contribution in [3.63, 3.8) is 0 Å². The van der Waals surface area contributed by atoms with Crippen LogP contribution in [0.25, 0.3) is 0 Å². The SMILES string of the molecule is O=C(NCCC1(c2ccc(Cl)c(Cl)c2)CCCNC1)OCC(NCC1(c2ccc(Cl)c(Cl)c2)CCCNC1)C(F)(F)F. The van der Waals surface area contributed by atoms with Gasteiger partial charge in [0.2, 0.25) is 0 Å². The van der Waals surface area contributed by atoms with Crippen LogP contribution in [-0.2, 0) is 15.6 Å². The molecule has 0 radical (unpaired) electrons. The summed E-state index contributed by atoms with van der Waals surface area (Å²) in [7, 11) is 0. The predicted molar refractivity (Wildman–Crippen MR) is 162 cm³/mol. The second-order valence-corrected chi connectivity index (χ2v) is 12.8. The van der Waals surface area contributed by atoms with Crippen molar-refractivity contribution in [2.75, 3.05) is 45.9 Å². The van der Waals surface area contributed by atoms with Gasteiger partial charge in [0.05, 0.1) is 20.1 Å². The van der Waals surface area contributed by atoms with Gasteiger partial charge in [0.15, 0.2) is 0 Å². The van der Waals surface area contributed by atoms with Gasteiger partial charge in [-0.2, -0.15) is 13.2 Å². The van der Waals surface area contributed by atoms with Crippen molar-refractivity contribution < 1.29 is 22.7 Å². The number of alkyl carbamates (subject to hydrolysis) is 1. The Kier molecular flexibility index (Phi) is 11.6. The van der Waals surface area contributed by atoms with Crippen LogP contribution in [-0.4, -0.2) is 64.2 Å². The molecule has 6 nitrogen and oxygen atoms in total. The van der Waals surface area contributed by atoms with Gasteiger partial charge in [0, 0.05) is 37.0 Å². The van der Waals surface area contributed by atoms with Crippen LogP contribution in [0.5, 0.6) is 0 Å². The average molecular weight is 670 g/mol. The number of ether oxygens (including phenoxy) is 1. The van der Waals surface area contributed by atoms with Gasteiger partial charge < -0.3 is 26.0 Å². The van der Waals surface area contributed by atoms with Crippen molar-refractivity contribution in [2.45, 2.75) is 55.2 Å². The number of carbonyl (C=O) groups excluding carboxylic acids is 1. The molecule has 2 aliphatic heterocycles. The fourth-order valence-electron chi connectivity index (χ4n) is 5.89. The van der Waals surface area contributed by atoms with Gasteiger partial charge in [-0.25, -0.2) is 4.79 Å². The van der Waals surface area contributed by atoms with Crippen LogP contribution in [0.2, 0.25) is 20.1 Å². The zero-order valence-electron chi connectivity index (χ0n) is 23.0. The first kappa shape index (κ1) is 33.4. The minimum absolute atomic E-state index is 0.00624. The molecule has 2 aliphatic rings. The highest BCUT2D eigenvalue weighted by Crippen LogP contribution is 2.38. The number of halogens is 7. The molecule has 4 rings (SSSR count). The molecule has 0 saturated carbocycles. The van der Waals surface area contributed by atoms with Crippen molar-refractivity contribution in [2.24, 2.45) is 0 Å². The maximum absolute atomic E-state index is 14.0. The molecule has 42 heavy (non-hydrogen) atoms. The second kappa shape index (κ2) is 14.5. The predicted octanol–water partition coefficient (Wildman–Crippen LogP) is 6.88. The zero-order valence-corrected chi connectivity index (χ0v) is 26.0. The zero-order chi connectivity index (χ0) is 30.4. The summed E-state index contributed by atoms with van der Waals surface area (Å²) in [4.78, 5) is 12.5. The van der Waals surface area contributed by atoms with Crippen LogP contribution in [0.15, 0.2) is 36.4 Å². The number of alkyl halides is 3. The van der Waals surface area contributed by atoms with Crippen LogP contribution < -0.4 is 21.3 Å². The molecule has 0 bridgehead atoms. The summed E-state index contributed by atoms with van der Waals surface area (Å²) in [5, 5.41) is 13.5. The molecular formula is C29H35Cl4F3N4O2. The largest absolute Gasteiger partial charge is 0.448 e. The summed E-state index contributed by atoms with van der Waals surface area (Å²) in [6, 6.07) is 8.61. The van der Waals surface area contributed by atoms with Gasteiger partial charge in [-0.1, -0.05) is 58.5 Å². The van der Waals surface area contributed by atoms with E-state index in [1.807, 2.05) is 12.1 Å². The van der Waals surface area contributed by atoms with E-state index in [0.717, 1.165) is 43.5 Å². The summed E-state index contributed by atoms with van der Waals surface area (Å²) in [6.07, 6.45) is -1.74. The molecule has 1 amide bonds. The molecule has 4 N–H and O–H groups in total. The van der Waals surface area contributed by atoms with E-state index in [4.69, 9.17) is 51.1 Å². The van der Waals surface area contributed by atoms with Crippen LogP contribution in [0.3, 0.4) is 0 Å². The molecule has 232 valence electrons. The number of rotatable bonds is 10. The van der Waals surface area contributed by atoms with Gasteiger partial charge in [0.1, 0.15) is 12.6 Å². The molecule has 0 aromatic heterocycles. The van der Waals surface area contributed by atoms with Crippen LogP contribution in [0.4, 0.5) is 18.0 Å². The normalized spacial score (nSPS) is 23.8. The Hall–Kier alpha value is -1.46. The first-order chi connectivity index (χ1) is 19.9. The van der Waals surface area contributed by atoms with Crippen molar-refractivity contribution in [3.05, 3.63) is 67.6 Å². The van der Waals surface area contributed by atoms with E-state index in [0.29, 0.717) is 46.0 Å². The Labute approximate surface area is 264 Å². The Morgan fingerprint density at radius 1 is 0.881 bits per heavy atom. The molecule has 3 atom stereocenters. The first-order valence-electron chi connectivity index (χ1n) is 14.0. The molecule has 2 heterocycles. The Balaban J connectivity index is 1.35. The smallest absolute Gasteiger partial charge is 0.407 e. The van der Waals surface area contributed by atoms with E-state index in [9.17, 15) is 18.0 Å². The third kappa shape index (κ3) is 8.37. The lowest BCUT2D eigenvalue weighted by molar-refractivity contribution is -0.164. The van der Waals surface area contributed by atoms with Crippen LogP contribution in [0.1, 0.15) is 43.2 Å². The Morgan fingerprint density at radius 3 is 1.93 bits per heavy atom. The third-order valence-corrected chi connectivity index (χ3v) is 9.82. The fourth-order valence-corrected chi connectivity index (χ4v) is 6.49. The highest BCUT2D eigenvalue weighted by Gasteiger charge is 2.43. The monoisotopic (exact) mass is 668 g/mol. The molecule has 0 spiro atoms. The van der Waals surface area contributed by atoms with Crippen molar-refractivity contribution >= 4 is 52.5 Å². The van der Waals surface area contributed by atoms with E-state index < -0.39 is 30.3 Å². The van der Waals surface area contributed by atoms with Crippen LogP contribution >= 0.6 is 46.4 Å². The number of nitrogens with one attached hydrogen (secondary N) is 4. The summed E-state index contributed by atoms with van der Waals surface area (Å²) in [5.41, 5.74) is 0.853. The number of hydrogen-bond donors (Lipinski definition) is 4. The van der Waals surface area contributed by atoms with E-state index >= 15 is 0 Å². The highest BCUT2D eigenvalue weighted by molar-refractivity contribution is 6.42. The molecule has 2 aromatic carbocycles. The molecule has 13 heteroatoms. The lowest BCUT2D eigenvalue weighted by atomic mass is 9.72. The number of piperidine rings is 2. The summed E-state index contributed by atoms with van der Waals surface area (Å²) < 4.78 is 47.1. The van der Waals surface area contributed by atoms with Crippen molar-refractivity contribution in [1.29, 1.82) is 0 Å². The van der Waals surface area contributed by atoms with E-state index in [1.165, 1.54) is 0 Å². The van der Waals surface area contributed by atoms with Gasteiger partial charge in [-0.05, 0) is 80.6 Å². The standard InChI is InChI=1S/C29H35Cl4F3N4O2/c30-21-5-3-19(13-23(21)32)27(7-1-10-37-16-27)9-12-39-26(41)42-15-25(29(34,35)36)40-18-28(8-2-11-38-17-28)20-4-6-22(31)24(33)14-20/h3-6,13-14,25,37-38,40H,1-2,7-12,15-18H2,(H,39,41). The minimum Gasteiger partial charge on any atom is -0.448 e. The first-order valence-corrected chi connectivity index (χ1v) is 15.5. The topological polar surface area (TPSA) is 74.4 Å². The van der Waals surface area contributed by atoms with Crippen molar-refractivity contribution in [3.8, 4) is 0 Å². The van der Waals surface area contributed by atoms with Gasteiger partial charge in [0.25, 0.3) is 0 Å². The molecule has 2 aromatic rings. The fraction of sp³-hybridized carbons (Fsp3) is 0.552. The van der Waals surface area contributed by atoms with Crippen molar-refractivity contribution in [1.82, 2.24) is 21.3 Å². The number of carbonyl (C=O) groups is 1. The van der Waals surface area contributed by atoms with E-state index in [1.54, 1.807) is 24.3 Å². The number of benzene rings is 2. The van der Waals surface area contributed by atoms with Gasteiger partial charge >= 0.3 is 12.3 Å². The van der Waals surface area contributed by atoms with Crippen LogP contribution in [0, 0.1) is 0 Å². The second-order valence-electron chi connectivity index (χ2n) is 11.1. The lowest BCUT2D eigenvalue weighted by Gasteiger charge is -2.40. The Morgan fingerprint density at radius 2 is 1.43 bits per heavy atom. The maximum atomic E-state index is 14.0.